The van der Waals surface area contributed by atoms with E-state index in [0.717, 1.165) is 43.9 Å². The maximum Gasteiger partial charge on any atom is 0.253 e. The number of hydrogen-bond donors (Lipinski definition) is 1. The van der Waals surface area contributed by atoms with Crippen molar-refractivity contribution in [1.29, 1.82) is 0 Å². The molecule has 2 heterocycles. The third-order valence-corrected chi connectivity index (χ3v) is 4.78. The molecular weight excluding hydrogens is 262 g/mol. The van der Waals surface area contributed by atoms with Crippen LogP contribution in [0.4, 0.5) is 5.69 Å². The van der Waals surface area contributed by atoms with Crippen LogP contribution in [0.2, 0.25) is 0 Å². The van der Waals surface area contributed by atoms with Crippen molar-refractivity contribution in [3.8, 4) is 0 Å². The molecule has 0 bridgehead atoms. The Labute approximate surface area is 127 Å². The molecule has 1 aromatic carbocycles. The van der Waals surface area contributed by atoms with E-state index in [-0.39, 0.29) is 5.91 Å². The van der Waals surface area contributed by atoms with Crippen LogP contribution in [0.15, 0.2) is 18.2 Å². The van der Waals surface area contributed by atoms with Gasteiger partial charge in [0.2, 0.25) is 0 Å². The van der Waals surface area contributed by atoms with Gasteiger partial charge < -0.3 is 15.1 Å². The molecule has 114 valence electrons. The number of fused-ring (bicyclic) bond motifs is 1. The van der Waals surface area contributed by atoms with Crippen LogP contribution < -0.4 is 5.32 Å². The second-order valence-electron chi connectivity index (χ2n) is 6.48. The van der Waals surface area contributed by atoms with E-state index in [2.05, 4.69) is 23.3 Å². The van der Waals surface area contributed by atoms with Crippen LogP contribution in [0.3, 0.4) is 0 Å². The van der Waals surface area contributed by atoms with Gasteiger partial charge in [0, 0.05) is 31.4 Å². The number of hydrogen-bond acceptors (Lipinski definition) is 3. The van der Waals surface area contributed by atoms with E-state index in [9.17, 15) is 4.79 Å². The topological polar surface area (TPSA) is 35.6 Å². The Kier molecular flexibility index (Phi) is 4.15. The maximum atomic E-state index is 12.6. The van der Waals surface area contributed by atoms with E-state index in [1.807, 2.05) is 24.1 Å². The molecule has 1 amide bonds. The first-order valence-electron chi connectivity index (χ1n) is 7.94. The molecule has 0 aliphatic carbocycles. The summed E-state index contributed by atoms with van der Waals surface area (Å²) in [4.78, 5) is 16.8. The Morgan fingerprint density at radius 2 is 2.14 bits per heavy atom. The third kappa shape index (κ3) is 3.21. The Morgan fingerprint density at radius 3 is 2.90 bits per heavy atom. The van der Waals surface area contributed by atoms with Gasteiger partial charge >= 0.3 is 0 Å². The molecule has 0 spiro atoms. The predicted molar refractivity (Wildman–Crippen MR) is 85.8 cm³/mol. The lowest BCUT2D eigenvalue weighted by atomic mass is 9.96. The number of nitrogens with one attached hydrogen (secondary N) is 1. The summed E-state index contributed by atoms with van der Waals surface area (Å²) in [6.45, 7) is 4.15. The standard InChI is InChI=1S/C17H25N3O/c1-19-9-6-13(7-10-19)12-20(2)17(21)15-4-3-14-5-8-18-16(14)11-15/h3-4,11,13,18H,5-10,12H2,1-2H3. The van der Waals surface area contributed by atoms with E-state index < -0.39 is 0 Å². The molecule has 1 saturated heterocycles. The highest BCUT2D eigenvalue weighted by Crippen LogP contribution is 2.24. The van der Waals surface area contributed by atoms with Gasteiger partial charge in [0.25, 0.3) is 5.91 Å². The van der Waals surface area contributed by atoms with Gasteiger partial charge in [-0.3, -0.25) is 4.79 Å². The van der Waals surface area contributed by atoms with Crippen molar-refractivity contribution in [2.75, 3.05) is 45.6 Å². The molecule has 3 rings (SSSR count). The van der Waals surface area contributed by atoms with E-state index in [1.165, 1.54) is 18.4 Å². The molecule has 1 fully saturated rings. The lowest BCUT2D eigenvalue weighted by Crippen LogP contribution is -2.37. The van der Waals surface area contributed by atoms with Gasteiger partial charge in [-0.15, -0.1) is 0 Å². The predicted octanol–water partition coefficient (Wildman–Crippen LogP) is 2.07. The minimum absolute atomic E-state index is 0.144. The highest BCUT2D eigenvalue weighted by molar-refractivity contribution is 5.95. The Morgan fingerprint density at radius 1 is 1.38 bits per heavy atom. The number of carbonyl (C=O) groups is 1. The van der Waals surface area contributed by atoms with Crippen LogP contribution in [0.5, 0.6) is 0 Å². The summed E-state index contributed by atoms with van der Waals surface area (Å²) in [7, 11) is 4.10. The molecular formula is C17H25N3O. The normalized spacial score (nSPS) is 19.1. The fourth-order valence-corrected chi connectivity index (χ4v) is 3.36. The van der Waals surface area contributed by atoms with Gasteiger partial charge in [-0.2, -0.15) is 0 Å². The zero-order valence-corrected chi connectivity index (χ0v) is 13.1. The van der Waals surface area contributed by atoms with Crippen molar-refractivity contribution in [2.45, 2.75) is 19.3 Å². The second-order valence-corrected chi connectivity index (χ2v) is 6.48. The van der Waals surface area contributed by atoms with Crippen LogP contribution in [-0.4, -0.2) is 56.0 Å². The van der Waals surface area contributed by atoms with Crippen LogP contribution in [0, 0.1) is 5.92 Å². The first-order chi connectivity index (χ1) is 10.1. The minimum atomic E-state index is 0.144. The lowest BCUT2D eigenvalue weighted by Gasteiger charge is -2.31. The van der Waals surface area contributed by atoms with Crippen LogP contribution >= 0.6 is 0 Å². The zero-order valence-electron chi connectivity index (χ0n) is 13.1. The molecule has 4 nitrogen and oxygen atoms in total. The molecule has 1 aromatic rings. The maximum absolute atomic E-state index is 12.6. The Balaban J connectivity index is 1.62. The lowest BCUT2D eigenvalue weighted by molar-refractivity contribution is 0.0747. The smallest absolute Gasteiger partial charge is 0.253 e. The summed E-state index contributed by atoms with van der Waals surface area (Å²) in [6.07, 6.45) is 3.45. The summed E-state index contributed by atoms with van der Waals surface area (Å²) in [5.41, 5.74) is 3.26. The van der Waals surface area contributed by atoms with Crippen LogP contribution in [-0.2, 0) is 6.42 Å². The number of amides is 1. The average Bonchev–Trinajstić information content (AvgIpc) is 2.96. The monoisotopic (exact) mass is 287 g/mol. The van der Waals surface area contributed by atoms with Crippen molar-refractivity contribution in [1.82, 2.24) is 9.80 Å². The summed E-state index contributed by atoms with van der Waals surface area (Å²) in [5.74, 6) is 0.785. The molecule has 0 atom stereocenters. The summed E-state index contributed by atoms with van der Waals surface area (Å²) >= 11 is 0. The summed E-state index contributed by atoms with van der Waals surface area (Å²) < 4.78 is 0. The Bertz CT molecular complexity index is 521. The van der Waals surface area contributed by atoms with E-state index in [1.54, 1.807) is 0 Å². The fourth-order valence-electron chi connectivity index (χ4n) is 3.36. The summed E-state index contributed by atoms with van der Waals surface area (Å²) in [5, 5.41) is 3.34. The molecule has 2 aliphatic rings. The fraction of sp³-hybridized carbons (Fsp3) is 0.588. The quantitative estimate of drug-likeness (QED) is 0.924. The van der Waals surface area contributed by atoms with Crippen LogP contribution in [0.25, 0.3) is 0 Å². The number of anilines is 1. The second kappa shape index (κ2) is 6.06. The number of likely N-dealkylation sites (tertiary alicyclic amines) is 1. The number of carbonyl (C=O) groups excluding carboxylic acids is 1. The minimum Gasteiger partial charge on any atom is -0.384 e. The van der Waals surface area contributed by atoms with E-state index in [4.69, 9.17) is 0 Å². The number of piperidine rings is 1. The van der Waals surface area contributed by atoms with Gasteiger partial charge in [0.1, 0.15) is 0 Å². The van der Waals surface area contributed by atoms with E-state index in [0.29, 0.717) is 5.92 Å². The third-order valence-electron chi connectivity index (χ3n) is 4.78. The Hall–Kier alpha value is -1.55. The first kappa shape index (κ1) is 14.4. The highest BCUT2D eigenvalue weighted by atomic mass is 16.2. The first-order valence-corrected chi connectivity index (χ1v) is 7.94. The molecule has 21 heavy (non-hydrogen) atoms. The molecule has 0 unspecified atom stereocenters. The van der Waals surface area contributed by atoms with Gasteiger partial charge in [0.05, 0.1) is 0 Å². The van der Waals surface area contributed by atoms with Crippen molar-refractivity contribution in [2.24, 2.45) is 5.92 Å². The number of nitrogens with zero attached hydrogens (tertiary/aromatic N) is 2. The van der Waals surface area contributed by atoms with E-state index >= 15 is 0 Å². The SMILES string of the molecule is CN1CCC(CN(C)C(=O)c2ccc3c(c2)NCC3)CC1. The van der Waals surface area contributed by atoms with Gasteiger partial charge in [-0.1, -0.05) is 6.07 Å². The van der Waals surface area contributed by atoms with Gasteiger partial charge in [0.15, 0.2) is 0 Å². The largest absolute Gasteiger partial charge is 0.384 e. The molecule has 0 radical (unpaired) electrons. The van der Waals surface area contributed by atoms with Gasteiger partial charge in [-0.25, -0.2) is 0 Å². The van der Waals surface area contributed by atoms with Crippen molar-refractivity contribution < 1.29 is 4.79 Å². The molecule has 4 heteroatoms. The molecule has 0 aromatic heterocycles. The highest BCUT2D eigenvalue weighted by Gasteiger charge is 2.22. The van der Waals surface area contributed by atoms with Crippen LogP contribution in [0.1, 0.15) is 28.8 Å². The zero-order chi connectivity index (χ0) is 14.8. The van der Waals surface area contributed by atoms with Crippen molar-refractivity contribution in [3.05, 3.63) is 29.3 Å². The van der Waals surface area contributed by atoms with Gasteiger partial charge in [-0.05, 0) is 63.0 Å². The van der Waals surface area contributed by atoms with Crippen molar-refractivity contribution in [3.63, 3.8) is 0 Å². The number of benzene rings is 1. The average molecular weight is 287 g/mol. The van der Waals surface area contributed by atoms with Crippen molar-refractivity contribution >= 4 is 11.6 Å². The number of rotatable bonds is 3. The molecule has 0 saturated carbocycles. The summed E-state index contributed by atoms with van der Waals surface area (Å²) in [6, 6.07) is 6.07. The molecule has 2 aliphatic heterocycles. The molecule has 1 N–H and O–H groups in total.